The lowest BCUT2D eigenvalue weighted by molar-refractivity contribution is -0.384. The first kappa shape index (κ1) is 19.1. The molecule has 0 saturated carbocycles. The maximum atomic E-state index is 12.8. The Balaban J connectivity index is 1.81. The molecule has 1 saturated heterocycles. The number of benzene rings is 2. The van der Waals surface area contributed by atoms with Crippen LogP contribution in [0.25, 0.3) is 0 Å². The number of nitrogens with one attached hydrogen (secondary N) is 2. The highest BCUT2D eigenvalue weighted by Gasteiger charge is 2.26. The predicted octanol–water partition coefficient (Wildman–Crippen LogP) is 3.29. The predicted molar refractivity (Wildman–Crippen MR) is 105 cm³/mol. The van der Waals surface area contributed by atoms with Crippen molar-refractivity contribution in [2.45, 2.75) is 19.5 Å². The second kappa shape index (κ2) is 8.37. The summed E-state index contributed by atoms with van der Waals surface area (Å²) < 4.78 is 0. The van der Waals surface area contributed by atoms with Crippen molar-refractivity contribution in [1.82, 2.24) is 10.2 Å². The molecule has 0 aromatic heterocycles. The number of hydrogen-bond acceptors (Lipinski definition) is 5. The van der Waals surface area contributed by atoms with E-state index in [1.165, 1.54) is 6.07 Å². The van der Waals surface area contributed by atoms with Crippen molar-refractivity contribution in [2.75, 3.05) is 25.0 Å². The van der Waals surface area contributed by atoms with Gasteiger partial charge in [-0.3, -0.25) is 14.9 Å². The van der Waals surface area contributed by atoms with E-state index < -0.39 is 4.92 Å². The number of nitro groups is 1. The summed E-state index contributed by atoms with van der Waals surface area (Å²) in [6, 6.07) is 11.9. The number of carbonyl (C=O) groups excluding carboxylic acids is 1. The molecule has 2 aromatic carbocycles. The number of nitro benzene ring substituents is 1. The van der Waals surface area contributed by atoms with E-state index >= 15 is 0 Å². The van der Waals surface area contributed by atoms with Gasteiger partial charge in [-0.1, -0.05) is 29.8 Å². The van der Waals surface area contributed by atoms with E-state index in [9.17, 15) is 14.9 Å². The summed E-state index contributed by atoms with van der Waals surface area (Å²) in [6.45, 7) is 4.32. The van der Waals surface area contributed by atoms with Crippen LogP contribution in [0.1, 0.15) is 22.8 Å². The van der Waals surface area contributed by atoms with Crippen molar-refractivity contribution >= 4 is 28.9 Å². The highest BCUT2D eigenvalue weighted by Crippen LogP contribution is 2.28. The first-order chi connectivity index (χ1) is 13.0. The third kappa shape index (κ3) is 4.37. The van der Waals surface area contributed by atoms with Gasteiger partial charge in [-0.2, -0.15) is 0 Å². The number of hydrogen-bond donors (Lipinski definition) is 2. The summed E-state index contributed by atoms with van der Waals surface area (Å²) in [5.41, 5.74) is 1.38. The standard InChI is InChI=1S/C19H21ClN4O3/c1-13-11-21-8-9-23(13)19(25)14-6-7-17(18(10-14)24(26)27)22-12-15-4-2-3-5-16(15)20/h2-7,10,13,21-22H,8-9,11-12H2,1H3. The summed E-state index contributed by atoms with van der Waals surface area (Å²) in [5, 5.41) is 18.4. The van der Waals surface area contributed by atoms with E-state index in [0.717, 1.165) is 12.1 Å². The van der Waals surface area contributed by atoms with Gasteiger partial charge in [0, 0.05) is 48.9 Å². The molecule has 0 radical (unpaired) electrons. The molecular weight excluding hydrogens is 368 g/mol. The normalized spacial score (nSPS) is 16.8. The van der Waals surface area contributed by atoms with Crippen molar-refractivity contribution in [3.63, 3.8) is 0 Å². The molecule has 1 aliphatic heterocycles. The largest absolute Gasteiger partial charge is 0.375 e. The Labute approximate surface area is 162 Å². The molecule has 1 fully saturated rings. The summed E-state index contributed by atoms with van der Waals surface area (Å²) >= 11 is 6.13. The lowest BCUT2D eigenvalue weighted by Gasteiger charge is -2.34. The van der Waals surface area contributed by atoms with Gasteiger partial charge in [0.25, 0.3) is 11.6 Å². The molecule has 1 amide bonds. The SMILES string of the molecule is CC1CNCCN1C(=O)c1ccc(NCc2ccccc2Cl)c([N+](=O)[O-])c1. The summed E-state index contributed by atoms with van der Waals surface area (Å²) in [6.07, 6.45) is 0. The molecule has 142 valence electrons. The first-order valence-electron chi connectivity index (χ1n) is 8.75. The molecule has 27 heavy (non-hydrogen) atoms. The molecule has 1 unspecified atom stereocenters. The van der Waals surface area contributed by atoms with Crippen LogP contribution < -0.4 is 10.6 Å². The zero-order chi connectivity index (χ0) is 19.4. The zero-order valence-electron chi connectivity index (χ0n) is 14.9. The minimum absolute atomic E-state index is 0.0448. The van der Waals surface area contributed by atoms with E-state index in [0.29, 0.717) is 35.9 Å². The monoisotopic (exact) mass is 388 g/mol. The summed E-state index contributed by atoms with van der Waals surface area (Å²) in [7, 11) is 0. The topological polar surface area (TPSA) is 87.5 Å². The molecule has 2 aromatic rings. The van der Waals surface area contributed by atoms with Gasteiger partial charge >= 0.3 is 0 Å². The van der Waals surface area contributed by atoms with Crippen LogP contribution >= 0.6 is 11.6 Å². The van der Waals surface area contributed by atoms with Gasteiger partial charge in [0.1, 0.15) is 5.69 Å². The average molecular weight is 389 g/mol. The van der Waals surface area contributed by atoms with E-state index in [4.69, 9.17) is 11.6 Å². The van der Waals surface area contributed by atoms with Crippen molar-refractivity contribution in [1.29, 1.82) is 0 Å². The van der Waals surface area contributed by atoms with E-state index in [1.807, 2.05) is 25.1 Å². The Hall–Kier alpha value is -2.64. The number of piperazine rings is 1. The van der Waals surface area contributed by atoms with Crippen molar-refractivity contribution in [3.05, 3.63) is 68.7 Å². The first-order valence-corrected chi connectivity index (χ1v) is 9.12. The number of carbonyl (C=O) groups is 1. The third-order valence-electron chi connectivity index (χ3n) is 4.63. The van der Waals surface area contributed by atoms with Crippen molar-refractivity contribution < 1.29 is 9.72 Å². The Morgan fingerprint density at radius 2 is 2.15 bits per heavy atom. The van der Waals surface area contributed by atoms with Crippen LogP contribution in [0.3, 0.4) is 0 Å². The number of halogens is 1. The van der Waals surface area contributed by atoms with Crippen LogP contribution in [0.2, 0.25) is 5.02 Å². The quantitative estimate of drug-likeness (QED) is 0.606. The molecule has 1 heterocycles. The number of anilines is 1. The molecule has 0 bridgehead atoms. The number of nitrogens with zero attached hydrogens (tertiary/aromatic N) is 2. The second-order valence-electron chi connectivity index (χ2n) is 6.49. The number of amides is 1. The van der Waals surface area contributed by atoms with Gasteiger partial charge in [0.15, 0.2) is 0 Å². The maximum Gasteiger partial charge on any atom is 0.293 e. The number of rotatable bonds is 5. The molecule has 1 aliphatic rings. The lowest BCUT2D eigenvalue weighted by Crippen LogP contribution is -2.52. The van der Waals surface area contributed by atoms with Crippen molar-refractivity contribution in [3.8, 4) is 0 Å². The van der Waals surface area contributed by atoms with Crippen LogP contribution in [-0.4, -0.2) is 41.4 Å². The fourth-order valence-electron chi connectivity index (χ4n) is 3.11. The van der Waals surface area contributed by atoms with Crippen LogP contribution in [-0.2, 0) is 6.54 Å². The van der Waals surface area contributed by atoms with Gasteiger partial charge in [0.2, 0.25) is 0 Å². The average Bonchev–Trinajstić information content (AvgIpc) is 2.67. The molecule has 3 rings (SSSR count). The van der Waals surface area contributed by atoms with E-state index in [-0.39, 0.29) is 17.6 Å². The molecule has 1 atom stereocenters. The van der Waals surface area contributed by atoms with Gasteiger partial charge in [0.05, 0.1) is 4.92 Å². The highest BCUT2D eigenvalue weighted by molar-refractivity contribution is 6.31. The lowest BCUT2D eigenvalue weighted by atomic mass is 10.1. The van der Waals surface area contributed by atoms with Gasteiger partial charge in [-0.15, -0.1) is 0 Å². The van der Waals surface area contributed by atoms with E-state index in [1.54, 1.807) is 23.1 Å². The summed E-state index contributed by atoms with van der Waals surface area (Å²) in [5.74, 6) is -0.190. The second-order valence-corrected chi connectivity index (χ2v) is 6.89. The summed E-state index contributed by atoms with van der Waals surface area (Å²) in [4.78, 5) is 25.5. The van der Waals surface area contributed by atoms with Gasteiger partial charge in [-0.05, 0) is 30.7 Å². The highest BCUT2D eigenvalue weighted by atomic mass is 35.5. The van der Waals surface area contributed by atoms with E-state index in [2.05, 4.69) is 10.6 Å². The van der Waals surface area contributed by atoms with Gasteiger partial charge in [-0.25, -0.2) is 0 Å². The van der Waals surface area contributed by atoms with Crippen LogP contribution in [0.15, 0.2) is 42.5 Å². The molecule has 8 heteroatoms. The Morgan fingerprint density at radius 1 is 1.37 bits per heavy atom. The fourth-order valence-corrected chi connectivity index (χ4v) is 3.31. The van der Waals surface area contributed by atoms with Crippen LogP contribution in [0.4, 0.5) is 11.4 Å². The fraction of sp³-hybridized carbons (Fsp3) is 0.316. The molecular formula is C19H21ClN4O3. The molecule has 2 N–H and O–H groups in total. The minimum atomic E-state index is -0.479. The van der Waals surface area contributed by atoms with Gasteiger partial charge < -0.3 is 15.5 Å². The molecule has 7 nitrogen and oxygen atoms in total. The van der Waals surface area contributed by atoms with Crippen molar-refractivity contribution in [2.24, 2.45) is 0 Å². The Morgan fingerprint density at radius 3 is 2.85 bits per heavy atom. The molecule has 0 spiro atoms. The Kier molecular flexibility index (Phi) is 5.93. The third-order valence-corrected chi connectivity index (χ3v) is 5.00. The smallest absolute Gasteiger partial charge is 0.293 e. The zero-order valence-corrected chi connectivity index (χ0v) is 15.7. The maximum absolute atomic E-state index is 12.8. The van der Waals surface area contributed by atoms with Crippen LogP contribution in [0, 0.1) is 10.1 Å². The Bertz CT molecular complexity index is 859. The minimum Gasteiger partial charge on any atom is -0.375 e. The van der Waals surface area contributed by atoms with Crippen LogP contribution in [0.5, 0.6) is 0 Å². The molecule has 0 aliphatic carbocycles.